The summed E-state index contributed by atoms with van der Waals surface area (Å²) in [6.45, 7) is 0. The zero-order valence-corrected chi connectivity index (χ0v) is 11.4. The van der Waals surface area contributed by atoms with Crippen molar-refractivity contribution in [2.24, 2.45) is 0 Å². The van der Waals surface area contributed by atoms with Gasteiger partial charge in [0.25, 0.3) is 0 Å². The number of carbonyl (C=O) groups is 2. The molecule has 0 spiro atoms. The van der Waals surface area contributed by atoms with Crippen molar-refractivity contribution < 1.29 is 9.59 Å². The number of Topliss-reactive ketones (excluding diaryl/α,β-unsaturated/α-hetero) is 1. The summed E-state index contributed by atoms with van der Waals surface area (Å²) < 4.78 is 0.967. The Balaban J connectivity index is 2.55. The molecule has 0 saturated heterocycles. The number of ketones is 1. The Morgan fingerprint density at radius 1 is 1.41 bits per heavy atom. The van der Waals surface area contributed by atoms with Gasteiger partial charge in [-0.1, -0.05) is 0 Å². The van der Waals surface area contributed by atoms with Gasteiger partial charge in [0.05, 0.1) is 12.1 Å². The van der Waals surface area contributed by atoms with Crippen LogP contribution in [0.3, 0.4) is 0 Å². The summed E-state index contributed by atoms with van der Waals surface area (Å²) in [7, 11) is 1.71. The SMILES string of the molecule is CN/C=C1\CC(=O)Nc2ccc(I)cc2C1=O. The lowest BCUT2D eigenvalue weighted by atomic mass is 10.0. The Morgan fingerprint density at radius 2 is 2.18 bits per heavy atom. The van der Waals surface area contributed by atoms with Crippen LogP contribution >= 0.6 is 22.6 Å². The highest BCUT2D eigenvalue weighted by Gasteiger charge is 2.23. The van der Waals surface area contributed by atoms with E-state index in [9.17, 15) is 9.59 Å². The van der Waals surface area contributed by atoms with Gasteiger partial charge in [-0.25, -0.2) is 0 Å². The molecular weight excluding hydrogens is 331 g/mol. The normalized spacial score (nSPS) is 17.4. The zero-order valence-electron chi connectivity index (χ0n) is 9.21. The van der Waals surface area contributed by atoms with E-state index in [-0.39, 0.29) is 18.1 Å². The van der Waals surface area contributed by atoms with E-state index < -0.39 is 0 Å². The first-order valence-corrected chi connectivity index (χ1v) is 6.20. The van der Waals surface area contributed by atoms with E-state index in [1.165, 1.54) is 0 Å². The summed E-state index contributed by atoms with van der Waals surface area (Å²) in [5, 5.41) is 5.53. The van der Waals surface area contributed by atoms with Crippen LogP contribution in [0.15, 0.2) is 30.0 Å². The molecule has 5 heteroatoms. The van der Waals surface area contributed by atoms with Crippen LogP contribution in [-0.2, 0) is 4.79 Å². The third kappa shape index (κ3) is 2.49. The number of hydrogen-bond donors (Lipinski definition) is 2. The smallest absolute Gasteiger partial charge is 0.229 e. The fraction of sp³-hybridized carbons (Fsp3) is 0.167. The van der Waals surface area contributed by atoms with E-state index >= 15 is 0 Å². The first-order valence-electron chi connectivity index (χ1n) is 5.12. The minimum Gasteiger partial charge on any atom is -0.394 e. The summed E-state index contributed by atoms with van der Waals surface area (Å²) >= 11 is 2.14. The van der Waals surface area contributed by atoms with Crippen LogP contribution in [0.1, 0.15) is 16.8 Å². The lowest BCUT2D eigenvalue weighted by Gasteiger charge is -2.05. The van der Waals surface area contributed by atoms with Crippen LogP contribution in [0.2, 0.25) is 0 Å². The highest BCUT2D eigenvalue weighted by atomic mass is 127. The molecule has 2 N–H and O–H groups in total. The van der Waals surface area contributed by atoms with Gasteiger partial charge in [0.1, 0.15) is 0 Å². The van der Waals surface area contributed by atoms with Gasteiger partial charge >= 0.3 is 0 Å². The molecular formula is C12H11IN2O2. The molecule has 0 unspecified atom stereocenters. The number of anilines is 1. The van der Waals surface area contributed by atoms with Gasteiger partial charge < -0.3 is 10.6 Å². The summed E-state index contributed by atoms with van der Waals surface area (Å²) in [6.07, 6.45) is 1.68. The maximum atomic E-state index is 12.2. The first-order chi connectivity index (χ1) is 8.11. The lowest BCUT2D eigenvalue weighted by molar-refractivity contribution is -0.115. The Bertz CT molecular complexity index is 523. The molecule has 88 valence electrons. The van der Waals surface area contributed by atoms with Crippen molar-refractivity contribution in [3.63, 3.8) is 0 Å². The Labute approximate surface area is 113 Å². The Kier molecular flexibility index (Phi) is 3.46. The molecule has 0 atom stereocenters. The average Bonchev–Trinajstić information content (AvgIpc) is 2.39. The van der Waals surface area contributed by atoms with Crippen LogP contribution in [0.5, 0.6) is 0 Å². The number of benzene rings is 1. The molecule has 17 heavy (non-hydrogen) atoms. The van der Waals surface area contributed by atoms with E-state index in [0.29, 0.717) is 16.8 Å². The Morgan fingerprint density at radius 3 is 2.88 bits per heavy atom. The van der Waals surface area contributed by atoms with E-state index in [0.717, 1.165) is 3.57 Å². The topological polar surface area (TPSA) is 58.2 Å². The van der Waals surface area contributed by atoms with E-state index in [1.807, 2.05) is 6.07 Å². The maximum Gasteiger partial charge on any atom is 0.229 e. The van der Waals surface area contributed by atoms with Gasteiger partial charge in [-0.3, -0.25) is 9.59 Å². The number of carbonyl (C=O) groups excluding carboxylic acids is 2. The van der Waals surface area contributed by atoms with Crippen LogP contribution in [0, 0.1) is 3.57 Å². The lowest BCUT2D eigenvalue weighted by Crippen LogP contribution is -2.11. The molecule has 0 aromatic heterocycles. The molecule has 1 aliphatic rings. The van der Waals surface area contributed by atoms with Crippen LogP contribution < -0.4 is 10.6 Å². The van der Waals surface area contributed by atoms with Crippen LogP contribution in [0.25, 0.3) is 0 Å². The molecule has 0 saturated carbocycles. The summed E-state index contributed by atoms with van der Waals surface area (Å²) in [5.41, 5.74) is 1.61. The standard InChI is InChI=1S/C12H11IN2O2/c1-14-6-7-4-11(16)15-10-3-2-8(13)5-9(10)12(7)17/h2-3,5-6,14H,4H2,1H3,(H,15,16)/b7-6+. The third-order valence-electron chi connectivity index (χ3n) is 2.46. The first kappa shape index (κ1) is 12.1. The van der Waals surface area contributed by atoms with Crippen molar-refractivity contribution in [3.05, 3.63) is 39.1 Å². The van der Waals surface area contributed by atoms with Gasteiger partial charge in [-0.15, -0.1) is 0 Å². The molecule has 0 fully saturated rings. The van der Waals surface area contributed by atoms with Gasteiger partial charge in [0.15, 0.2) is 5.78 Å². The fourth-order valence-electron chi connectivity index (χ4n) is 1.72. The van der Waals surface area contributed by atoms with Gasteiger partial charge in [0, 0.05) is 28.0 Å². The molecule has 1 aliphatic heterocycles. The van der Waals surface area contributed by atoms with E-state index in [2.05, 4.69) is 33.2 Å². The summed E-state index contributed by atoms with van der Waals surface area (Å²) in [5.74, 6) is -0.272. The molecule has 4 nitrogen and oxygen atoms in total. The highest BCUT2D eigenvalue weighted by Crippen LogP contribution is 2.26. The molecule has 0 bridgehead atoms. The van der Waals surface area contributed by atoms with E-state index in [1.54, 1.807) is 25.4 Å². The van der Waals surface area contributed by atoms with Crippen molar-refractivity contribution in [3.8, 4) is 0 Å². The number of fused-ring (bicyclic) bond motifs is 1. The second-order valence-electron chi connectivity index (χ2n) is 3.70. The predicted octanol–water partition coefficient (Wildman–Crippen LogP) is 1.92. The second-order valence-corrected chi connectivity index (χ2v) is 4.95. The quantitative estimate of drug-likeness (QED) is 0.606. The average molecular weight is 342 g/mol. The van der Waals surface area contributed by atoms with Crippen LogP contribution in [-0.4, -0.2) is 18.7 Å². The molecule has 1 aromatic rings. The molecule has 0 aliphatic carbocycles. The van der Waals surface area contributed by atoms with Gasteiger partial charge in [0.2, 0.25) is 5.91 Å². The maximum absolute atomic E-state index is 12.2. The van der Waals surface area contributed by atoms with Crippen molar-refractivity contribution in [1.29, 1.82) is 0 Å². The zero-order chi connectivity index (χ0) is 12.4. The number of halogens is 1. The van der Waals surface area contributed by atoms with Crippen molar-refractivity contribution in [1.82, 2.24) is 5.32 Å². The van der Waals surface area contributed by atoms with Crippen molar-refractivity contribution in [2.45, 2.75) is 6.42 Å². The molecule has 0 radical (unpaired) electrons. The van der Waals surface area contributed by atoms with Crippen molar-refractivity contribution >= 4 is 40.0 Å². The Hall–Kier alpha value is -1.37. The minimum atomic E-state index is -0.167. The number of nitrogens with one attached hydrogen (secondary N) is 2. The second kappa shape index (κ2) is 4.87. The monoisotopic (exact) mass is 342 g/mol. The molecule has 1 amide bonds. The van der Waals surface area contributed by atoms with Gasteiger partial charge in [-0.05, 0) is 40.8 Å². The number of rotatable bonds is 1. The molecule has 2 rings (SSSR count). The number of hydrogen-bond acceptors (Lipinski definition) is 3. The minimum absolute atomic E-state index is 0.102. The highest BCUT2D eigenvalue weighted by molar-refractivity contribution is 14.1. The van der Waals surface area contributed by atoms with Crippen LogP contribution in [0.4, 0.5) is 5.69 Å². The molecule has 1 aromatic carbocycles. The molecule has 1 heterocycles. The van der Waals surface area contributed by atoms with Crippen molar-refractivity contribution in [2.75, 3.05) is 12.4 Å². The largest absolute Gasteiger partial charge is 0.394 e. The number of amides is 1. The van der Waals surface area contributed by atoms with E-state index in [4.69, 9.17) is 0 Å². The predicted molar refractivity (Wildman–Crippen MR) is 73.9 cm³/mol. The fourth-order valence-corrected chi connectivity index (χ4v) is 2.22. The third-order valence-corrected chi connectivity index (χ3v) is 3.13. The van der Waals surface area contributed by atoms with Gasteiger partial charge in [-0.2, -0.15) is 0 Å². The summed E-state index contributed by atoms with van der Waals surface area (Å²) in [4.78, 5) is 23.8. The summed E-state index contributed by atoms with van der Waals surface area (Å²) in [6, 6.07) is 5.41.